The zero-order valence-corrected chi connectivity index (χ0v) is 9.80. The molecule has 0 bridgehead atoms. The van der Waals surface area contributed by atoms with E-state index < -0.39 is 5.54 Å². The number of terminal acetylenes is 1. The topological polar surface area (TPSA) is 68.0 Å². The molecule has 0 aliphatic heterocycles. The molecule has 84 valence electrons. The molecule has 0 aliphatic rings. The van der Waals surface area contributed by atoms with Gasteiger partial charge in [0.25, 0.3) is 5.91 Å². The van der Waals surface area contributed by atoms with E-state index in [-0.39, 0.29) is 22.3 Å². The lowest BCUT2D eigenvalue weighted by Gasteiger charge is -2.20. The monoisotopic (exact) mass is 237 g/mol. The highest BCUT2D eigenvalue weighted by atomic mass is 35.5. The maximum Gasteiger partial charge on any atom is 0.254 e. The first-order valence-electron chi connectivity index (χ1n) is 4.57. The summed E-state index contributed by atoms with van der Waals surface area (Å²) in [4.78, 5) is 15.6. The quantitative estimate of drug-likeness (QED) is 0.605. The molecule has 16 heavy (non-hydrogen) atoms. The Hall–Kier alpha value is -1.73. The first-order chi connectivity index (χ1) is 7.35. The van der Waals surface area contributed by atoms with Crippen molar-refractivity contribution in [3.63, 3.8) is 0 Å². The molecule has 0 aromatic carbocycles. The van der Waals surface area contributed by atoms with Crippen LogP contribution in [0.25, 0.3) is 0 Å². The lowest BCUT2D eigenvalue weighted by molar-refractivity contribution is 0.0930. The van der Waals surface area contributed by atoms with Crippen LogP contribution in [0.15, 0.2) is 12.3 Å². The lowest BCUT2D eigenvalue weighted by Crippen LogP contribution is -2.42. The maximum absolute atomic E-state index is 11.8. The van der Waals surface area contributed by atoms with Crippen LogP contribution in [0.2, 0.25) is 5.15 Å². The molecule has 0 atom stereocenters. The number of hydrogen-bond acceptors (Lipinski definition) is 3. The zero-order chi connectivity index (χ0) is 12.3. The zero-order valence-electron chi connectivity index (χ0n) is 9.04. The van der Waals surface area contributed by atoms with Crippen LogP contribution in [-0.4, -0.2) is 16.4 Å². The lowest BCUT2D eigenvalue weighted by atomic mass is 10.1. The fraction of sp³-hybridized carbons (Fsp3) is 0.273. The number of nitrogens with one attached hydrogen (secondary N) is 1. The maximum atomic E-state index is 11.8. The summed E-state index contributed by atoms with van der Waals surface area (Å²) in [5, 5.41) is 2.86. The molecule has 0 unspecified atom stereocenters. The van der Waals surface area contributed by atoms with E-state index in [4.69, 9.17) is 23.8 Å². The molecule has 0 aliphatic carbocycles. The van der Waals surface area contributed by atoms with Crippen LogP contribution in [0.4, 0.5) is 5.69 Å². The normalized spacial score (nSPS) is 10.6. The highest BCUT2D eigenvalue weighted by Crippen LogP contribution is 2.15. The van der Waals surface area contributed by atoms with Crippen molar-refractivity contribution in [3.8, 4) is 12.3 Å². The highest BCUT2D eigenvalue weighted by Gasteiger charge is 2.19. The van der Waals surface area contributed by atoms with Gasteiger partial charge in [-0.1, -0.05) is 17.5 Å². The Bertz CT molecular complexity index is 463. The van der Waals surface area contributed by atoms with Gasteiger partial charge in [0.1, 0.15) is 5.15 Å². The fourth-order valence-corrected chi connectivity index (χ4v) is 1.18. The van der Waals surface area contributed by atoms with E-state index in [0.29, 0.717) is 0 Å². The summed E-state index contributed by atoms with van der Waals surface area (Å²) >= 11 is 5.68. The van der Waals surface area contributed by atoms with E-state index in [1.807, 2.05) is 0 Å². The van der Waals surface area contributed by atoms with E-state index in [1.165, 1.54) is 12.3 Å². The number of pyridine rings is 1. The van der Waals surface area contributed by atoms with Crippen molar-refractivity contribution >= 4 is 23.2 Å². The molecule has 0 saturated carbocycles. The molecule has 1 heterocycles. The predicted molar refractivity (Wildman–Crippen MR) is 64.0 cm³/mol. The second-order valence-corrected chi connectivity index (χ2v) is 4.20. The molecule has 1 rings (SSSR count). The Morgan fingerprint density at radius 1 is 1.69 bits per heavy atom. The summed E-state index contributed by atoms with van der Waals surface area (Å²) in [6.07, 6.45) is 6.60. The average Bonchev–Trinajstić information content (AvgIpc) is 2.21. The third-order valence-electron chi connectivity index (χ3n) is 1.93. The molecule has 1 aromatic heterocycles. The van der Waals surface area contributed by atoms with Crippen LogP contribution in [0.5, 0.6) is 0 Å². The number of halogens is 1. The Kier molecular flexibility index (Phi) is 3.41. The van der Waals surface area contributed by atoms with Crippen molar-refractivity contribution in [2.45, 2.75) is 19.4 Å². The summed E-state index contributed by atoms with van der Waals surface area (Å²) in [6, 6.07) is 1.40. The average molecular weight is 238 g/mol. The Morgan fingerprint density at radius 2 is 2.31 bits per heavy atom. The first-order valence-corrected chi connectivity index (χ1v) is 4.95. The van der Waals surface area contributed by atoms with Gasteiger partial charge < -0.3 is 11.1 Å². The van der Waals surface area contributed by atoms with Gasteiger partial charge in [-0.05, 0) is 19.9 Å². The van der Waals surface area contributed by atoms with Crippen molar-refractivity contribution in [2.75, 3.05) is 5.73 Å². The van der Waals surface area contributed by atoms with Gasteiger partial charge in [-0.3, -0.25) is 4.79 Å². The molecular weight excluding hydrogens is 226 g/mol. The third-order valence-corrected chi connectivity index (χ3v) is 2.14. The number of nitrogens with two attached hydrogens (primary N) is 1. The Labute approximate surface area is 99.2 Å². The van der Waals surface area contributed by atoms with E-state index >= 15 is 0 Å². The molecule has 0 spiro atoms. The van der Waals surface area contributed by atoms with Gasteiger partial charge in [-0.25, -0.2) is 4.98 Å². The second kappa shape index (κ2) is 4.42. The van der Waals surface area contributed by atoms with E-state index in [9.17, 15) is 4.79 Å². The minimum atomic E-state index is -0.737. The van der Waals surface area contributed by atoms with E-state index in [1.54, 1.807) is 13.8 Å². The van der Waals surface area contributed by atoms with Crippen molar-refractivity contribution in [2.24, 2.45) is 0 Å². The van der Waals surface area contributed by atoms with Gasteiger partial charge in [0.2, 0.25) is 0 Å². The molecule has 0 radical (unpaired) electrons. The summed E-state index contributed by atoms with van der Waals surface area (Å²) in [6.45, 7) is 3.42. The van der Waals surface area contributed by atoms with Crippen LogP contribution >= 0.6 is 11.6 Å². The van der Waals surface area contributed by atoms with Crippen LogP contribution in [0, 0.1) is 12.3 Å². The van der Waals surface area contributed by atoms with E-state index in [0.717, 1.165) is 0 Å². The number of aromatic nitrogens is 1. The molecule has 3 N–H and O–H groups in total. The summed E-state index contributed by atoms with van der Waals surface area (Å²) < 4.78 is 0. The second-order valence-electron chi connectivity index (χ2n) is 3.82. The molecule has 4 nitrogen and oxygen atoms in total. The summed E-state index contributed by atoms with van der Waals surface area (Å²) in [5.74, 6) is 2.08. The van der Waals surface area contributed by atoms with E-state index in [2.05, 4.69) is 16.2 Å². The van der Waals surface area contributed by atoms with Crippen molar-refractivity contribution < 1.29 is 4.79 Å². The van der Waals surface area contributed by atoms with Crippen LogP contribution in [-0.2, 0) is 0 Å². The number of carbonyl (C=O) groups excluding carboxylic acids is 1. The molecule has 1 amide bonds. The van der Waals surface area contributed by atoms with Crippen molar-refractivity contribution in [1.82, 2.24) is 10.3 Å². The van der Waals surface area contributed by atoms with Gasteiger partial charge in [-0.15, -0.1) is 6.42 Å². The minimum Gasteiger partial charge on any atom is -0.397 e. The van der Waals surface area contributed by atoms with Crippen LogP contribution < -0.4 is 11.1 Å². The number of amides is 1. The van der Waals surface area contributed by atoms with Gasteiger partial charge in [0.05, 0.1) is 23.0 Å². The minimum absolute atomic E-state index is 0.206. The molecule has 0 saturated heterocycles. The molecule has 1 aromatic rings. The smallest absolute Gasteiger partial charge is 0.254 e. The van der Waals surface area contributed by atoms with Crippen LogP contribution in [0.3, 0.4) is 0 Å². The number of rotatable bonds is 2. The van der Waals surface area contributed by atoms with Gasteiger partial charge in [0.15, 0.2) is 0 Å². The molecular formula is C11H12ClN3O. The molecule has 0 fully saturated rings. The number of nitrogen functional groups attached to an aromatic ring is 1. The summed E-state index contributed by atoms with van der Waals surface area (Å²) in [7, 11) is 0. The third kappa shape index (κ3) is 2.88. The number of carbonyl (C=O) groups is 1. The van der Waals surface area contributed by atoms with Crippen LogP contribution in [0.1, 0.15) is 24.2 Å². The Morgan fingerprint density at radius 3 is 2.88 bits per heavy atom. The largest absolute Gasteiger partial charge is 0.397 e. The van der Waals surface area contributed by atoms with Gasteiger partial charge in [0, 0.05) is 0 Å². The fourth-order valence-electron chi connectivity index (χ4n) is 1.02. The number of hydrogen-bond donors (Lipinski definition) is 2. The first kappa shape index (κ1) is 12.3. The Balaban J connectivity index is 2.98. The SMILES string of the molecule is C#CC(C)(C)NC(=O)c1cc(Cl)ncc1N. The highest BCUT2D eigenvalue weighted by molar-refractivity contribution is 6.29. The molecule has 5 heteroatoms. The number of nitrogens with zero attached hydrogens (tertiary/aromatic N) is 1. The summed E-state index contributed by atoms with van der Waals surface area (Å²) in [5.41, 5.74) is 5.41. The standard InChI is InChI=1S/C11H12ClN3O/c1-4-11(2,3)15-10(16)7-5-9(12)14-6-8(7)13/h1,5-6H,13H2,2-3H3,(H,15,16). The van der Waals surface area contributed by atoms with Gasteiger partial charge in [-0.2, -0.15) is 0 Å². The van der Waals surface area contributed by atoms with Crippen molar-refractivity contribution in [3.05, 3.63) is 23.0 Å². The predicted octanol–water partition coefficient (Wildman–Crippen LogP) is 1.46. The van der Waals surface area contributed by atoms with Crippen molar-refractivity contribution in [1.29, 1.82) is 0 Å². The van der Waals surface area contributed by atoms with Gasteiger partial charge >= 0.3 is 0 Å². The number of anilines is 1.